The summed E-state index contributed by atoms with van der Waals surface area (Å²) in [4.78, 5) is 2.49. The highest BCUT2D eigenvalue weighted by atomic mass is 15.1. The van der Waals surface area contributed by atoms with E-state index in [4.69, 9.17) is 5.73 Å². The van der Waals surface area contributed by atoms with Gasteiger partial charge >= 0.3 is 0 Å². The van der Waals surface area contributed by atoms with Gasteiger partial charge in [0.1, 0.15) is 0 Å². The second-order valence-electron chi connectivity index (χ2n) is 4.28. The first-order valence-corrected chi connectivity index (χ1v) is 6.04. The number of nitrogens with two attached hydrogens (primary N) is 1. The van der Waals surface area contributed by atoms with Crippen LogP contribution in [0.15, 0.2) is 36.4 Å². The number of hydrogen-bond donors (Lipinski definition) is 1. The van der Waals surface area contributed by atoms with Crippen molar-refractivity contribution in [1.29, 1.82) is 0 Å². The molecule has 86 valence electrons. The summed E-state index contributed by atoms with van der Waals surface area (Å²) in [6, 6.07) is 8.80. The Morgan fingerprint density at radius 1 is 1.06 bits per heavy atom. The molecule has 1 aliphatic rings. The molecule has 16 heavy (non-hydrogen) atoms. The lowest BCUT2D eigenvalue weighted by Gasteiger charge is -2.17. The Labute approximate surface area is 97.8 Å². The molecule has 0 fully saturated rings. The predicted molar refractivity (Wildman–Crippen MR) is 68.5 cm³/mol. The van der Waals surface area contributed by atoms with E-state index >= 15 is 0 Å². The average Bonchev–Trinajstić information content (AvgIpc) is 2.53. The van der Waals surface area contributed by atoms with Crippen LogP contribution in [0.25, 0.3) is 0 Å². The maximum atomic E-state index is 5.44. The van der Waals surface area contributed by atoms with Gasteiger partial charge in [-0.1, -0.05) is 36.4 Å². The fourth-order valence-corrected chi connectivity index (χ4v) is 2.22. The number of benzene rings is 1. The topological polar surface area (TPSA) is 29.3 Å². The third kappa shape index (κ3) is 2.94. The highest BCUT2D eigenvalue weighted by Gasteiger charge is 2.11. The minimum atomic E-state index is 0.647. The van der Waals surface area contributed by atoms with E-state index in [1.165, 1.54) is 24.0 Å². The van der Waals surface area contributed by atoms with Gasteiger partial charge in [0.15, 0.2) is 0 Å². The van der Waals surface area contributed by atoms with E-state index in [2.05, 4.69) is 35.2 Å². The zero-order chi connectivity index (χ0) is 11.2. The lowest BCUT2D eigenvalue weighted by atomic mass is 10.0. The minimum absolute atomic E-state index is 0.647. The van der Waals surface area contributed by atoms with E-state index in [-0.39, 0.29) is 0 Å². The van der Waals surface area contributed by atoms with E-state index in [0.29, 0.717) is 6.54 Å². The van der Waals surface area contributed by atoms with Gasteiger partial charge in [-0.05, 0) is 24.0 Å². The third-order valence-electron chi connectivity index (χ3n) is 3.18. The molecule has 1 aliphatic heterocycles. The highest BCUT2D eigenvalue weighted by molar-refractivity contribution is 5.28. The molecular formula is C14H20N2. The molecule has 2 N–H and O–H groups in total. The molecule has 2 rings (SSSR count). The quantitative estimate of drug-likeness (QED) is 0.778. The Balaban J connectivity index is 1.94. The van der Waals surface area contributed by atoms with Gasteiger partial charge in [0.05, 0.1) is 0 Å². The lowest BCUT2D eigenvalue weighted by Crippen LogP contribution is -2.26. The van der Waals surface area contributed by atoms with Gasteiger partial charge < -0.3 is 5.73 Å². The molecule has 0 radical (unpaired) electrons. The van der Waals surface area contributed by atoms with Crippen molar-refractivity contribution in [2.75, 3.05) is 26.2 Å². The van der Waals surface area contributed by atoms with Crippen LogP contribution >= 0.6 is 0 Å². The van der Waals surface area contributed by atoms with Gasteiger partial charge in [0, 0.05) is 26.2 Å². The zero-order valence-electron chi connectivity index (χ0n) is 9.73. The second kappa shape index (κ2) is 5.83. The molecule has 0 amide bonds. The number of nitrogens with zero attached hydrogens (tertiary/aromatic N) is 1. The Hall–Kier alpha value is -1.12. The van der Waals surface area contributed by atoms with Crippen LogP contribution in [0.5, 0.6) is 0 Å². The Kier molecular flexibility index (Phi) is 4.14. The van der Waals surface area contributed by atoms with E-state index in [1.807, 2.05) is 6.08 Å². The molecule has 1 aromatic rings. The number of rotatable bonds is 3. The predicted octanol–water partition coefficient (Wildman–Crippen LogP) is 1.60. The smallest absolute Gasteiger partial charge is 0.0163 e. The van der Waals surface area contributed by atoms with Crippen LogP contribution in [0, 0.1) is 0 Å². The van der Waals surface area contributed by atoms with Crippen molar-refractivity contribution in [1.82, 2.24) is 4.90 Å². The molecular weight excluding hydrogens is 196 g/mol. The lowest BCUT2D eigenvalue weighted by molar-refractivity contribution is 0.318. The molecule has 0 unspecified atom stereocenters. The average molecular weight is 216 g/mol. The maximum Gasteiger partial charge on any atom is 0.0163 e. The Bertz CT molecular complexity index is 331. The van der Waals surface area contributed by atoms with Gasteiger partial charge in [-0.15, -0.1) is 0 Å². The van der Waals surface area contributed by atoms with Crippen molar-refractivity contribution in [2.45, 2.75) is 12.8 Å². The van der Waals surface area contributed by atoms with Crippen LogP contribution in [0.1, 0.15) is 11.1 Å². The first kappa shape index (κ1) is 11.4. The second-order valence-corrected chi connectivity index (χ2v) is 4.28. The minimum Gasteiger partial charge on any atom is -0.327 e. The van der Waals surface area contributed by atoms with Crippen molar-refractivity contribution in [3.8, 4) is 0 Å². The van der Waals surface area contributed by atoms with Crippen LogP contribution in [-0.4, -0.2) is 31.1 Å². The summed E-state index contributed by atoms with van der Waals surface area (Å²) in [6.07, 6.45) is 6.56. The fraction of sp³-hybridized carbons (Fsp3) is 0.429. The van der Waals surface area contributed by atoms with Crippen molar-refractivity contribution < 1.29 is 0 Å². The van der Waals surface area contributed by atoms with E-state index in [0.717, 1.165) is 19.6 Å². The molecule has 0 aromatic heterocycles. The van der Waals surface area contributed by atoms with Crippen molar-refractivity contribution >= 4 is 0 Å². The molecule has 0 aliphatic carbocycles. The summed E-state index contributed by atoms with van der Waals surface area (Å²) in [7, 11) is 0. The highest BCUT2D eigenvalue weighted by Crippen LogP contribution is 2.15. The number of fused-ring (bicyclic) bond motifs is 1. The summed E-state index contributed by atoms with van der Waals surface area (Å²) in [5.41, 5.74) is 8.48. The van der Waals surface area contributed by atoms with Gasteiger partial charge in [0.25, 0.3) is 0 Å². The van der Waals surface area contributed by atoms with E-state index in [1.54, 1.807) is 0 Å². The van der Waals surface area contributed by atoms with Gasteiger partial charge in [-0.2, -0.15) is 0 Å². The Morgan fingerprint density at radius 2 is 1.69 bits per heavy atom. The molecule has 0 spiro atoms. The summed E-state index contributed by atoms with van der Waals surface area (Å²) < 4.78 is 0. The Morgan fingerprint density at radius 3 is 2.25 bits per heavy atom. The normalized spacial score (nSPS) is 17.3. The summed E-state index contributed by atoms with van der Waals surface area (Å²) >= 11 is 0. The first-order chi connectivity index (χ1) is 7.90. The molecule has 1 aromatic carbocycles. The largest absolute Gasteiger partial charge is 0.327 e. The maximum absolute atomic E-state index is 5.44. The molecule has 0 bridgehead atoms. The van der Waals surface area contributed by atoms with Crippen molar-refractivity contribution in [3.05, 3.63) is 47.5 Å². The van der Waals surface area contributed by atoms with Crippen LogP contribution in [0.3, 0.4) is 0 Å². The summed E-state index contributed by atoms with van der Waals surface area (Å²) in [5, 5.41) is 0. The SMILES string of the molecule is NCC=CCN1CCc2ccccc2CC1. The van der Waals surface area contributed by atoms with E-state index < -0.39 is 0 Å². The van der Waals surface area contributed by atoms with Crippen LogP contribution in [-0.2, 0) is 12.8 Å². The monoisotopic (exact) mass is 216 g/mol. The van der Waals surface area contributed by atoms with Crippen molar-refractivity contribution in [3.63, 3.8) is 0 Å². The fourth-order valence-electron chi connectivity index (χ4n) is 2.22. The van der Waals surface area contributed by atoms with Crippen LogP contribution in [0.4, 0.5) is 0 Å². The van der Waals surface area contributed by atoms with Gasteiger partial charge in [-0.3, -0.25) is 4.90 Å². The molecule has 0 saturated heterocycles. The molecule has 0 saturated carbocycles. The zero-order valence-corrected chi connectivity index (χ0v) is 9.73. The molecule has 2 heteroatoms. The molecule has 1 heterocycles. The molecule has 2 nitrogen and oxygen atoms in total. The molecule has 0 atom stereocenters. The standard InChI is InChI=1S/C14H20N2/c15-9-3-4-10-16-11-7-13-5-1-2-6-14(13)8-12-16/h1-6H,7-12,15H2. The summed E-state index contributed by atoms with van der Waals surface area (Å²) in [5.74, 6) is 0. The van der Waals surface area contributed by atoms with Crippen molar-refractivity contribution in [2.24, 2.45) is 5.73 Å². The number of hydrogen-bond acceptors (Lipinski definition) is 2. The van der Waals surface area contributed by atoms with Crippen LogP contribution < -0.4 is 5.73 Å². The first-order valence-electron chi connectivity index (χ1n) is 6.04. The van der Waals surface area contributed by atoms with Gasteiger partial charge in [0.2, 0.25) is 0 Å². The van der Waals surface area contributed by atoms with Crippen LogP contribution in [0.2, 0.25) is 0 Å². The van der Waals surface area contributed by atoms with Gasteiger partial charge in [-0.25, -0.2) is 0 Å². The summed E-state index contributed by atoms with van der Waals surface area (Å²) in [6.45, 7) is 4.00. The van der Waals surface area contributed by atoms with E-state index in [9.17, 15) is 0 Å². The third-order valence-corrected chi connectivity index (χ3v) is 3.18.